The zero-order valence-corrected chi connectivity index (χ0v) is 21.2. The predicted octanol–water partition coefficient (Wildman–Crippen LogP) is 6.55. The van der Waals surface area contributed by atoms with Crippen molar-refractivity contribution in [3.8, 4) is 11.4 Å². The average molecular weight is 474 g/mol. The lowest BCUT2D eigenvalue weighted by molar-refractivity contribution is 0.389. The molecule has 0 radical (unpaired) electrons. The van der Waals surface area contributed by atoms with Crippen LogP contribution in [-0.4, -0.2) is 25.7 Å². The summed E-state index contributed by atoms with van der Waals surface area (Å²) >= 11 is 0. The Kier molecular flexibility index (Phi) is 7.10. The monoisotopic (exact) mass is 473 g/mol. The molecule has 1 saturated heterocycles. The van der Waals surface area contributed by atoms with Gasteiger partial charge in [-0.3, -0.25) is 4.21 Å². The molecular formula is C29H35N3OS. The van der Waals surface area contributed by atoms with Gasteiger partial charge in [0.1, 0.15) is 0 Å². The zero-order chi connectivity index (χ0) is 23.5. The number of aromatic nitrogens is 2. The highest BCUT2D eigenvalue weighted by molar-refractivity contribution is 7.85. The van der Waals surface area contributed by atoms with E-state index in [2.05, 4.69) is 58.6 Å². The van der Waals surface area contributed by atoms with E-state index in [1.807, 2.05) is 19.3 Å². The summed E-state index contributed by atoms with van der Waals surface area (Å²) in [6, 6.07) is 13.2. The van der Waals surface area contributed by atoms with Crippen LogP contribution < -0.4 is 5.32 Å². The summed E-state index contributed by atoms with van der Waals surface area (Å²) in [5.41, 5.74) is 8.59. The van der Waals surface area contributed by atoms with E-state index in [1.165, 1.54) is 48.1 Å². The van der Waals surface area contributed by atoms with E-state index in [9.17, 15) is 4.21 Å². The number of nitrogens with one attached hydrogen (secondary N) is 1. The SMILES string of the molecule is Cc1cnc(-c2cc(Nc3cccc4c3CCCC(CCC3CCS(=O)C3)C4)ccc2C)nc1. The van der Waals surface area contributed by atoms with Crippen molar-refractivity contribution >= 4 is 22.2 Å². The highest BCUT2D eigenvalue weighted by Gasteiger charge is 2.24. The van der Waals surface area contributed by atoms with Crippen LogP contribution in [0.15, 0.2) is 48.8 Å². The van der Waals surface area contributed by atoms with Gasteiger partial charge in [-0.05, 0) is 111 Å². The maximum absolute atomic E-state index is 11.7. The highest BCUT2D eigenvalue weighted by atomic mass is 32.2. The maximum atomic E-state index is 11.7. The molecule has 0 amide bonds. The van der Waals surface area contributed by atoms with Gasteiger partial charge in [0.15, 0.2) is 5.82 Å². The standard InChI is InChI=1S/C29H35N3OS/c1-20-17-30-29(31-18-20)27-16-25(12-9-21(27)2)32-28-8-4-6-24-15-22(5-3-7-26(24)28)10-11-23-13-14-34(33)19-23/h4,6,8-9,12,16-18,22-23,32H,3,5,7,10-11,13-15,19H2,1-2H3. The summed E-state index contributed by atoms with van der Waals surface area (Å²) in [6.45, 7) is 4.12. The molecule has 1 aliphatic heterocycles. The van der Waals surface area contributed by atoms with Gasteiger partial charge >= 0.3 is 0 Å². The number of benzene rings is 2. The summed E-state index contributed by atoms with van der Waals surface area (Å²) in [5.74, 6) is 4.06. The van der Waals surface area contributed by atoms with Crippen LogP contribution in [0.2, 0.25) is 0 Å². The lowest BCUT2D eigenvalue weighted by atomic mass is 9.89. The lowest BCUT2D eigenvalue weighted by Crippen LogP contribution is -2.08. The smallest absolute Gasteiger partial charge is 0.159 e. The van der Waals surface area contributed by atoms with Crippen LogP contribution in [0, 0.1) is 25.7 Å². The largest absolute Gasteiger partial charge is 0.355 e. The predicted molar refractivity (Wildman–Crippen MR) is 142 cm³/mol. The van der Waals surface area contributed by atoms with E-state index < -0.39 is 10.8 Å². The van der Waals surface area contributed by atoms with Crippen molar-refractivity contribution in [2.75, 3.05) is 16.8 Å². The molecule has 3 atom stereocenters. The van der Waals surface area contributed by atoms with Crippen molar-refractivity contribution in [3.05, 3.63) is 71.0 Å². The maximum Gasteiger partial charge on any atom is 0.159 e. The quantitative estimate of drug-likeness (QED) is 0.413. The lowest BCUT2D eigenvalue weighted by Gasteiger charge is -2.18. The molecule has 3 aromatic rings. The normalized spacial score (nSPS) is 22.2. The molecule has 2 aliphatic rings. The van der Waals surface area contributed by atoms with Crippen molar-refractivity contribution < 1.29 is 4.21 Å². The highest BCUT2D eigenvalue weighted by Crippen LogP contribution is 2.35. The fraction of sp³-hybridized carbons (Fsp3) is 0.448. The summed E-state index contributed by atoms with van der Waals surface area (Å²) in [6.07, 6.45) is 12.3. The van der Waals surface area contributed by atoms with Gasteiger partial charge in [0.25, 0.3) is 0 Å². The van der Waals surface area contributed by atoms with E-state index in [0.717, 1.165) is 59.3 Å². The van der Waals surface area contributed by atoms with Crippen molar-refractivity contribution in [2.24, 2.45) is 11.8 Å². The number of fused-ring (bicyclic) bond motifs is 1. The molecular weight excluding hydrogens is 438 g/mol. The van der Waals surface area contributed by atoms with E-state index in [1.54, 1.807) is 0 Å². The van der Waals surface area contributed by atoms with Gasteiger partial charge in [-0.25, -0.2) is 9.97 Å². The Morgan fingerprint density at radius 2 is 1.85 bits per heavy atom. The second kappa shape index (κ2) is 10.4. The summed E-state index contributed by atoms with van der Waals surface area (Å²) in [7, 11) is -0.555. The van der Waals surface area contributed by atoms with E-state index in [-0.39, 0.29) is 0 Å². The van der Waals surface area contributed by atoms with Crippen LogP contribution in [0.25, 0.3) is 11.4 Å². The van der Waals surface area contributed by atoms with Gasteiger partial charge in [0.05, 0.1) is 0 Å². The van der Waals surface area contributed by atoms with Gasteiger partial charge in [-0.2, -0.15) is 0 Å². The van der Waals surface area contributed by atoms with Crippen molar-refractivity contribution in [1.29, 1.82) is 0 Å². The third-order valence-corrected chi connectivity index (χ3v) is 9.05. The van der Waals surface area contributed by atoms with E-state index in [4.69, 9.17) is 0 Å². The second-order valence-electron chi connectivity index (χ2n) is 10.2. The first-order chi connectivity index (χ1) is 16.5. The van der Waals surface area contributed by atoms with Gasteiger partial charge in [-0.15, -0.1) is 0 Å². The van der Waals surface area contributed by atoms with Crippen LogP contribution >= 0.6 is 0 Å². The summed E-state index contributed by atoms with van der Waals surface area (Å²) < 4.78 is 11.7. The number of aryl methyl sites for hydroxylation is 2. The van der Waals surface area contributed by atoms with E-state index >= 15 is 0 Å². The zero-order valence-electron chi connectivity index (χ0n) is 20.3. The number of hydrogen-bond acceptors (Lipinski definition) is 4. The Labute approximate surface area is 206 Å². The van der Waals surface area contributed by atoms with Crippen LogP contribution in [-0.2, 0) is 23.6 Å². The minimum Gasteiger partial charge on any atom is -0.355 e. The summed E-state index contributed by atoms with van der Waals surface area (Å²) in [5, 5.41) is 3.72. The third-order valence-electron chi connectivity index (χ3n) is 7.52. The number of nitrogens with zero attached hydrogens (tertiary/aromatic N) is 2. The van der Waals surface area contributed by atoms with Gasteiger partial charge in [0.2, 0.25) is 0 Å². The molecule has 34 heavy (non-hydrogen) atoms. The van der Waals surface area contributed by atoms with Gasteiger partial charge < -0.3 is 5.32 Å². The summed E-state index contributed by atoms with van der Waals surface area (Å²) in [4.78, 5) is 9.09. The van der Waals surface area contributed by atoms with Crippen molar-refractivity contribution in [3.63, 3.8) is 0 Å². The van der Waals surface area contributed by atoms with Crippen LogP contribution in [0.5, 0.6) is 0 Å². The van der Waals surface area contributed by atoms with Crippen LogP contribution in [0.4, 0.5) is 11.4 Å². The Bertz CT molecular complexity index is 1170. The average Bonchev–Trinajstić information content (AvgIpc) is 3.13. The molecule has 5 heteroatoms. The van der Waals surface area contributed by atoms with Crippen LogP contribution in [0.3, 0.4) is 0 Å². The Morgan fingerprint density at radius 3 is 2.65 bits per heavy atom. The molecule has 0 bridgehead atoms. The number of rotatable bonds is 6. The second-order valence-corrected chi connectivity index (χ2v) is 11.8. The Balaban J connectivity index is 1.32. The molecule has 178 valence electrons. The molecule has 1 aromatic heterocycles. The molecule has 2 aromatic carbocycles. The molecule has 0 spiro atoms. The molecule has 5 rings (SSSR count). The van der Waals surface area contributed by atoms with E-state index in [0.29, 0.717) is 5.92 Å². The van der Waals surface area contributed by atoms with Crippen molar-refractivity contribution in [1.82, 2.24) is 9.97 Å². The van der Waals surface area contributed by atoms with Crippen LogP contribution in [0.1, 0.15) is 54.4 Å². The molecule has 0 saturated carbocycles. The fourth-order valence-corrected chi connectivity index (χ4v) is 7.14. The number of anilines is 2. The molecule has 2 heterocycles. The number of hydrogen-bond donors (Lipinski definition) is 1. The minimum atomic E-state index is -0.555. The molecule has 4 nitrogen and oxygen atoms in total. The molecule has 1 N–H and O–H groups in total. The molecule has 1 fully saturated rings. The fourth-order valence-electron chi connectivity index (χ4n) is 5.52. The first kappa shape index (κ1) is 23.2. The third kappa shape index (κ3) is 5.41. The van der Waals surface area contributed by atoms with Gasteiger partial charge in [-0.1, -0.05) is 18.2 Å². The first-order valence-corrected chi connectivity index (χ1v) is 14.2. The Hall–Kier alpha value is -2.53. The van der Waals surface area contributed by atoms with Crippen molar-refractivity contribution in [2.45, 2.75) is 58.8 Å². The Morgan fingerprint density at radius 1 is 1.03 bits per heavy atom. The first-order valence-electron chi connectivity index (χ1n) is 12.7. The minimum absolute atomic E-state index is 0.555. The topological polar surface area (TPSA) is 54.9 Å². The molecule has 3 unspecified atom stereocenters. The molecule has 1 aliphatic carbocycles. The van der Waals surface area contributed by atoms with Gasteiger partial charge in [0, 0.05) is 51.6 Å².